The number of carbonyl (C=O) groups excluding carboxylic acids is 1. The summed E-state index contributed by atoms with van der Waals surface area (Å²) in [6.45, 7) is 5.19. The topological polar surface area (TPSA) is 94.9 Å². The molecule has 0 saturated carbocycles. The number of hydrogen-bond donors (Lipinski definition) is 2. The first-order valence-electron chi connectivity index (χ1n) is 6.61. The fourth-order valence-electron chi connectivity index (χ4n) is 1.90. The van der Waals surface area contributed by atoms with Crippen LogP contribution in [0.1, 0.15) is 36.2 Å². The van der Waals surface area contributed by atoms with Gasteiger partial charge in [-0.3, -0.25) is 9.59 Å². The van der Waals surface area contributed by atoms with Gasteiger partial charge < -0.3 is 15.1 Å². The van der Waals surface area contributed by atoms with Crippen LogP contribution in [0.5, 0.6) is 0 Å². The lowest BCUT2D eigenvalue weighted by molar-refractivity contribution is -0.136. The number of hydrogen-bond acceptors (Lipinski definition) is 3. The van der Waals surface area contributed by atoms with E-state index in [1.807, 2.05) is 0 Å². The van der Waals surface area contributed by atoms with Crippen molar-refractivity contribution in [3.8, 4) is 0 Å². The van der Waals surface area contributed by atoms with Crippen LogP contribution in [0, 0.1) is 12.8 Å². The Bertz CT molecular complexity index is 565. The number of rotatable bonds is 6. The average molecular weight is 293 g/mol. The molecule has 1 aromatic carbocycles. The first kappa shape index (κ1) is 16.7. The number of anilines is 1. The number of carbonyl (C=O) groups is 3. The molecule has 0 bridgehead atoms. The zero-order valence-corrected chi connectivity index (χ0v) is 12.3. The smallest absolute Gasteiger partial charge is 0.335 e. The maximum Gasteiger partial charge on any atom is 0.335 e. The van der Waals surface area contributed by atoms with Crippen LogP contribution in [0.2, 0.25) is 0 Å². The van der Waals surface area contributed by atoms with Crippen LogP contribution < -0.4 is 4.90 Å². The molecule has 0 aliphatic heterocycles. The van der Waals surface area contributed by atoms with Crippen LogP contribution in [0.25, 0.3) is 0 Å². The molecule has 0 fully saturated rings. The van der Waals surface area contributed by atoms with E-state index in [-0.39, 0.29) is 30.4 Å². The number of aromatic carboxylic acids is 1. The van der Waals surface area contributed by atoms with Gasteiger partial charge in [0.1, 0.15) is 0 Å². The van der Waals surface area contributed by atoms with Crippen molar-refractivity contribution in [3.63, 3.8) is 0 Å². The van der Waals surface area contributed by atoms with Crippen LogP contribution in [-0.2, 0) is 9.59 Å². The minimum Gasteiger partial charge on any atom is -0.481 e. The fraction of sp³-hybridized carbons (Fsp3) is 0.400. The SMILES string of the molecule is Cc1ccc(C(=O)O)cc1N(CCC(=O)O)C(=O)C(C)C. The van der Waals surface area contributed by atoms with E-state index in [1.165, 1.54) is 17.0 Å². The van der Waals surface area contributed by atoms with Gasteiger partial charge in [-0.15, -0.1) is 0 Å². The summed E-state index contributed by atoms with van der Waals surface area (Å²) in [6.07, 6.45) is -0.199. The predicted molar refractivity (Wildman–Crippen MR) is 77.6 cm³/mol. The lowest BCUT2D eigenvalue weighted by atomic mass is 10.1. The highest BCUT2D eigenvalue weighted by molar-refractivity contribution is 5.97. The predicted octanol–water partition coefficient (Wildman–Crippen LogP) is 2.16. The average Bonchev–Trinajstić information content (AvgIpc) is 2.39. The summed E-state index contributed by atoms with van der Waals surface area (Å²) in [7, 11) is 0. The summed E-state index contributed by atoms with van der Waals surface area (Å²) in [5.41, 5.74) is 1.22. The molecule has 0 aliphatic rings. The standard InChI is InChI=1S/C15H19NO5/c1-9(2)14(19)16(7-6-13(17)18)12-8-11(15(20)21)5-4-10(12)3/h4-5,8-9H,6-7H2,1-3H3,(H,17,18)(H,20,21). The van der Waals surface area contributed by atoms with Crippen LogP contribution in [0.3, 0.4) is 0 Å². The first-order valence-corrected chi connectivity index (χ1v) is 6.61. The molecule has 0 saturated heterocycles. The Labute approximate surface area is 123 Å². The molecular formula is C15H19NO5. The maximum atomic E-state index is 12.3. The lowest BCUT2D eigenvalue weighted by Crippen LogP contribution is -2.36. The monoisotopic (exact) mass is 293 g/mol. The summed E-state index contributed by atoms with van der Waals surface area (Å²) < 4.78 is 0. The molecule has 6 nitrogen and oxygen atoms in total. The maximum absolute atomic E-state index is 12.3. The third-order valence-corrected chi connectivity index (χ3v) is 3.06. The van der Waals surface area contributed by atoms with E-state index >= 15 is 0 Å². The second kappa shape index (κ2) is 6.88. The van der Waals surface area contributed by atoms with Crippen LogP contribution in [-0.4, -0.2) is 34.6 Å². The zero-order valence-electron chi connectivity index (χ0n) is 12.3. The van der Waals surface area contributed by atoms with Gasteiger partial charge in [-0.25, -0.2) is 4.79 Å². The molecule has 0 unspecified atom stereocenters. The van der Waals surface area contributed by atoms with Crippen molar-refractivity contribution in [1.82, 2.24) is 0 Å². The van der Waals surface area contributed by atoms with Gasteiger partial charge in [0.15, 0.2) is 0 Å². The van der Waals surface area contributed by atoms with Gasteiger partial charge in [0.05, 0.1) is 12.0 Å². The van der Waals surface area contributed by atoms with E-state index in [1.54, 1.807) is 26.8 Å². The van der Waals surface area contributed by atoms with Crippen molar-refractivity contribution < 1.29 is 24.6 Å². The van der Waals surface area contributed by atoms with Gasteiger partial charge in [0.2, 0.25) is 5.91 Å². The Morgan fingerprint density at radius 2 is 1.81 bits per heavy atom. The summed E-state index contributed by atoms with van der Waals surface area (Å²) in [6, 6.07) is 4.47. The molecule has 114 valence electrons. The molecule has 0 atom stereocenters. The van der Waals surface area contributed by atoms with Gasteiger partial charge in [-0.05, 0) is 24.6 Å². The zero-order chi connectivity index (χ0) is 16.2. The molecule has 0 aromatic heterocycles. The van der Waals surface area contributed by atoms with Crippen LogP contribution in [0.15, 0.2) is 18.2 Å². The third-order valence-electron chi connectivity index (χ3n) is 3.06. The van der Waals surface area contributed by atoms with Crippen LogP contribution in [0.4, 0.5) is 5.69 Å². The van der Waals surface area contributed by atoms with E-state index in [2.05, 4.69) is 0 Å². The van der Waals surface area contributed by atoms with E-state index in [0.717, 1.165) is 5.56 Å². The van der Waals surface area contributed by atoms with Crippen molar-refractivity contribution >= 4 is 23.5 Å². The Balaban J connectivity index is 3.23. The normalized spacial score (nSPS) is 10.5. The fourth-order valence-corrected chi connectivity index (χ4v) is 1.90. The molecule has 0 heterocycles. The van der Waals surface area contributed by atoms with Crippen molar-refractivity contribution in [2.45, 2.75) is 27.2 Å². The molecule has 2 N–H and O–H groups in total. The third kappa shape index (κ3) is 4.30. The highest BCUT2D eigenvalue weighted by atomic mass is 16.4. The second-order valence-electron chi connectivity index (χ2n) is 5.09. The molecule has 0 radical (unpaired) electrons. The second-order valence-corrected chi connectivity index (χ2v) is 5.09. The van der Waals surface area contributed by atoms with Gasteiger partial charge in [0.25, 0.3) is 0 Å². The van der Waals surface area contributed by atoms with Crippen LogP contribution >= 0.6 is 0 Å². The van der Waals surface area contributed by atoms with Crippen molar-refractivity contribution in [2.75, 3.05) is 11.4 Å². The summed E-state index contributed by atoms with van der Waals surface area (Å²) >= 11 is 0. The Morgan fingerprint density at radius 1 is 1.19 bits per heavy atom. The number of nitrogens with zero attached hydrogens (tertiary/aromatic N) is 1. The molecule has 0 spiro atoms. The van der Waals surface area contributed by atoms with Gasteiger partial charge in [0, 0.05) is 18.2 Å². The summed E-state index contributed by atoms with van der Waals surface area (Å²) in [4.78, 5) is 35.4. The Morgan fingerprint density at radius 3 is 2.29 bits per heavy atom. The minimum absolute atomic E-state index is 0.0102. The first-order chi connectivity index (χ1) is 9.73. The van der Waals surface area contributed by atoms with Gasteiger partial charge in [-0.1, -0.05) is 19.9 Å². The number of carboxylic acid groups (broad SMARTS) is 2. The molecular weight excluding hydrogens is 274 g/mol. The molecule has 1 aromatic rings. The number of aliphatic carboxylic acids is 1. The van der Waals surface area contributed by atoms with E-state index < -0.39 is 11.9 Å². The highest BCUT2D eigenvalue weighted by Gasteiger charge is 2.22. The molecule has 21 heavy (non-hydrogen) atoms. The Kier molecular flexibility index (Phi) is 5.46. The van der Waals surface area contributed by atoms with Gasteiger partial charge in [-0.2, -0.15) is 0 Å². The quantitative estimate of drug-likeness (QED) is 0.838. The number of aryl methyl sites for hydroxylation is 1. The van der Waals surface area contributed by atoms with Gasteiger partial charge >= 0.3 is 11.9 Å². The summed E-state index contributed by atoms with van der Waals surface area (Å²) in [5, 5.41) is 17.9. The molecule has 1 rings (SSSR count). The molecule has 0 aliphatic carbocycles. The highest BCUT2D eigenvalue weighted by Crippen LogP contribution is 2.24. The number of carboxylic acids is 2. The molecule has 1 amide bonds. The van der Waals surface area contributed by atoms with E-state index in [9.17, 15) is 14.4 Å². The Hall–Kier alpha value is -2.37. The largest absolute Gasteiger partial charge is 0.481 e. The number of amides is 1. The molecule has 6 heteroatoms. The lowest BCUT2D eigenvalue weighted by Gasteiger charge is -2.26. The van der Waals surface area contributed by atoms with Crippen molar-refractivity contribution in [2.24, 2.45) is 5.92 Å². The number of benzene rings is 1. The van der Waals surface area contributed by atoms with E-state index in [0.29, 0.717) is 5.69 Å². The minimum atomic E-state index is -1.09. The van der Waals surface area contributed by atoms with E-state index in [4.69, 9.17) is 10.2 Å². The van der Waals surface area contributed by atoms with Crippen molar-refractivity contribution in [1.29, 1.82) is 0 Å². The summed E-state index contributed by atoms with van der Waals surface area (Å²) in [5.74, 6) is -2.65. The van der Waals surface area contributed by atoms with Crippen molar-refractivity contribution in [3.05, 3.63) is 29.3 Å².